The van der Waals surface area contributed by atoms with Crippen molar-refractivity contribution in [2.24, 2.45) is 5.73 Å². The van der Waals surface area contributed by atoms with Crippen LogP contribution in [0.1, 0.15) is 34.8 Å². The molecule has 0 saturated carbocycles. The largest absolute Gasteiger partial charge is 0.469 e. The van der Waals surface area contributed by atoms with E-state index in [1.165, 1.54) is 14.2 Å². The Morgan fingerprint density at radius 1 is 1.04 bits per heavy atom. The summed E-state index contributed by atoms with van der Waals surface area (Å²) >= 11 is 0. The van der Waals surface area contributed by atoms with Crippen molar-refractivity contribution >= 4 is 17.7 Å². The van der Waals surface area contributed by atoms with E-state index in [9.17, 15) is 14.4 Å². The van der Waals surface area contributed by atoms with Gasteiger partial charge < -0.3 is 20.2 Å². The van der Waals surface area contributed by atoms with Gasteiger partial charge in [0.1, 0.15) is 6.04 Å². The standard InChI is InChI=1S/C20H24N2O5/c1-26-17(24)9-8-14-12-22-20(15(14)11-18(25)27-2)19(21)16(23)10-13-6-4-3-5-7-13/h3-7,12,19,22H,8-11,21H2,1-2H3. The van der Waals surface area contributed by atoms with E-state index in [2.05, 4.69) is 9.72 Å². The molecule has 144 valence electrons. The molecule has 2 rings (SSSR count). The van der Waals surface area contributed by atoms with Crippen molar-refractivity contribution in [3.63, 3.8) is 0 Å². The number of methoxy groups -OCH3 is 2. The number of nitrogens with one attached hydrogen (secondary N) is 1. The van der Waals surface area contributed by atoms with Crippen LogP contribution in [0.4, 0.5) is 0 Å². The van der Waals surface area contributed by atoms with Crippen molar-refractivity contribution in [3.8, 4) is 0 Å². The lowest BCUT2D eigenvalue weighted by Crippen LogP contribution is -2.25. The number of aromatic amines is 1. The highest BCUT2D eigenvalue weighted by atomic mass is 16.5. The summed E-state index contributed by atoms with van der Waals surface area (Å²) in [6, 6.07) is 8.40. The zero-order valence-corrected chi connectivity index (χ0v) is 15.5. The Morgan fingerprint density at radius 3 is 2.33 bits per heavy atom. The minimum Gasteiger partial charge on any atom is -0.469 e. The summed E-state index contributed by atoms with van der Waals surface area (Å²) < 4.78 is 9.40. The maximum absolute atomic E-state index is 12.6. The number of carbonyl (C=O) groups excluding carboxylic acids is 3. The van der Waals surface area contributed by atoms with Crippen LogP contribution in [0.15, 0.2) is 36.5 Å². The van der Waals surface area contributed by atoms with Crippen LogP contribution < -0.4 is 5.73 Å². The lowest BCUT2D eigenvalue weighted by molar-refractivity contribution is -0.140. The number of aromatic nitrogens is 1. The lowest BCUT2D eigenvalue weighted by Gasteiger charge is -2.13. The van der Waals surface area contributed by atoms with Gasteiger partial charge in [0.25, 0.3) is 0 Å². The molecule has 1 heterocycles. The average Bonchev–Trinajstić information content (AvgIpc) is 3.08. The monoisotopic (exact) mass is 372 g/mol. The fourth-order valence-corrected chi connectivity index (χ4v) is 2.84. The van der Waals surface area contributed by atoms with Gasteiger partial charge in [-0.05, 0) is 23.1 Å². The molecule has 1 aromatic heterocycles. The van der Waals surface area contributed by atoms with Crippen LogP contribution in [0.25, 0.3) is 0 Å². The SMILES string of the molecule is COC(=O)CCc1c[nH]c(C(N)C(=O)Cc2ccccc2)c1CC(=O)OC. The Hall–Kier alpha value is -2.93. The van der Waals surface area contributed by atoms with E-state index in [4.69, 9.17) is 10.5 Å². The fraction of sp³-hybridized carbons (Fsp3) is 0.350. The van der Waals surface area contributed by atoms with Crippen molar-refractivity contribution in [2.45, 2.75) is 31.7 Å². The van der Waals surface area contributed by atoms with Crippen molar-refractivity contribution in [3.05, 3.63) is 58.9 Å². The van der Waals surface area contributed by atoms with Gasteiger partial charge in [0.2, 0.25) is 0 Å². The second-order valence-corrected chi connectivity index (χ2v) is 6.14. The van der Waals surface area contributed by atoms with Gasteiger partial charge in [0.05, 0.1) is 20.6 Å². The third-order valence-electron chi connectivity index (χ3n) is 4.37. The quantitative estimate of drug-likeness (QED) is 0.648. The van der Waals surface area contributed by atoms with Gasteiger partial charge in [-0.3, -0.25) is 14.4 Å². The summed E-state index contributed by atoms with van der Waals surface area (Å²) in [5.41, 5.74) is 8.85. The molecule has 0 radical (unpaired) electrons. The second-order valence-electron chi connectivity index (χ2n) is 6.14. The molecule has 1 aromatic carbocycles. The molecule has 7 nitrogen and oxygen atoms in total. The Morgan fingerprint density at radius 2 is 1.70 bits per heavy atom. The van der Waals surface area contributed by atoms with Crippen LogP contribution >= 0.6 is 0 Å². The predicted molar refractivity (Wildman–Crippen MR) is 98.9 cm³/mol. The van der Waals surface area contributed by atoms with E-state index in [0.717, 1.165) is 11.1 Å². The number of rotatable bonds is 9. The highest BCUT2D eigenvalue weighted by Crippen LogP contribution is 2.23. The van der Waals surface area contributed by atoms with E-state index >= 15 is 0 Å². The Bertz CT molecular complexity index is 798. The van der Waals surface area contributed by atoms with Crippen LogP contribution in [0.5, 0.6) is 0 Å². The number of Topliss-reactive ketones (excluding diaryl/α,β-unsaturated/α-hetero) is 1. The molecule has 3 N–H and O–H groups in total. The van der Waals surface area contributed by atoms with Gasteiger partial charge in [-0.15, -0.1) is 0 Å². The molecule has 0 aliphatic rings. The fourth-order valence-electron chi connectivity index (χ4n) is 2.84. The summed E-state index contributed by atoms with van der Waals surface area (Å²) in [6.45, 7) is 0. The van der Waals surface area contributed by atoms with E-state index in [-0.39, 0.29) is 31.0 Å². The molecule has 0 bridgehead atoms. The van der Waals surface area contributed by atoms with E-state index < -0.39 is 12.0 Å². The van der Waals surface area contributed by atoms with E-state index in [1.54, 1.807) is 6.20 Å². The highest BCUT2D eigenvalue weighted by Gasteiger charge is 2.24. The number of esters is 2. The first-order chi connectivity index (χ1) is 13.0. The number of nitrogens with two attached hydrogens (primary N) is 1. The first-order valence-electron chi connectivity index (χ1n) is 8.61. The van der Waals surface area contributed by atoms with Gasteiger partial charge >= 0.3 is 11.9 Å². The molecular weight excluding hydrogens is 348 g/mol. The molecule has 27 heavy (non-hydrogen) atoms. The van der Waals surface area contributed by atoms with Gasteiger partial charge in [-0.2, -0.15) is 0 Å². The molecule has 0 spiro atoms. The van der Waals surface area contributed by atoms with Crippen molar-refractivity contribution in [1.82, 2.24) is 4.98 Å². The minimum absolute atomic E-state index is 0.0296. The first kappa shape index (κ1) is 20.4. The molecule has 0 fully saturated rings. The lowest BCUT2D eigenvalue weighted by atomic mass is 9.96. The zero-order valence-electron chi connectivity index (χ0n) is 15.5. The third-order valence-corrected chi connectivity index (χ3v) is 4.37. The number of hydrogen-bond donors (Lipinski definition) is 2. The van der Waals surface area contributed by atoms with Crippen LogP contribution in [0, 0.1) is 0 Å². The van der Waals surface area contributed by atoms with Gasteiger partial charge in [-0.1, -0.05) is 30.3 Å². The summed E-state index contributed by atoms with van der Waals surface area (Å²) in [5.74, 6) is -0.974. The minimum atomic E-state index is -0.906. The molecule has 0 aliphatic carbocycles. The van der Waals surface area contributed by atoms with Gasteiger partial charge in [0.15, 0.2) is 5.78 Å². The molecule has 0 amide bonds. The molecule has 2 aromatic rings. The zero-order chi connectivity index (χ0) is 19.8. The molecule has 1 atom stereocenters. The maximum atomic E-state index is 12.6. The highest BCUT2D eigenvalue weighted by molar-refractivity contribution is 5.87. The van der Waals surface area contributed by atoms with Crippen molar-refractivity contribution in [1.29, 1.82) is 0 Å². The predicted octanol–water partition coefficient (Wildman–Crippen LogP) is 1.65. The number of aryl methyl sites for hydroxylation is 1. The van der Waals surface area contributed by atoms with E-state index in [1.807, 2.05) is 30.3 Å². The normalized spacial score (nSPS) is 11.7. The van der Waals surface area contributed by atoms with Gasteiger partial charge in [0, 0.05) is 24.7 Å². The van der Waals surface area contributed by atoms with Crippen LogP contribution in [-0.4, -0.2) is 36.9 Å². The smallest absolute Gasteiger partial charge is 0.310 e. The number of H-pyrrole nitrogens is 1. The summed E-state index contributed by atoms with van der Waals surface area (Å²) in [5, 5.41) is 0. The number of hydrogen-bond acceptors (Lipinski definition) is 6. The van der Waals surface area contributed by atoms with Gasteiger partial charge in [-0.25, -0.2) is 0 Å². The van der Waals surface area contributed by atoms with E-state index in [0.29, 0.717) is 17.7 Å². The molecule has 0 saturated heterocycles. The summed E-state index contributed by atoms with van der Waals surface area (Å²) in [6.07, 6.45) is 2.37. The summed E-state index contributed by atoms with van der Waals surface area (Å²) in [4.78, 5) is 38.8. The topological polar surface area (TPSA) is 111 Å². The maximum Gasteiger partial charge on any atom is 0.310 e. The van der Waals surface area contributed by atoms with Crippen LogP contribution in [-0.2, 0) is 43.1 Å². The number of carbonyl (C=O) groups is 3. The van der Waals surface area contributed by atoms with Crippen molar-refractivity contribution < 1.29 is 23.9 Å². The Kier molecular flexibility index (Phi) is 7.31. The first-order valence-corrected chi connectivity index (χ1v) is 8.61. The molecule has 1 unspecified atom stereocenters. The number of ketones is 1. The number of ether oxygens (including phenoxy) is 2. The Labute approximate surface area is 157 Å². The molecular formula is C20H24N2O5. The summed E-state index contributed by atoms with van der Waals surface area (Å²) in [7, 11) is 2.61. The molecule has 7 heteroatoms. The Balaban J connectivity index is 2.22. The average molecular weight is 372 g/mol. The molecule has 0 aliphatic heterocycles. The van der Waals surface area contributed by atoms with Crippen LogP contribution in [0.3, 0.4) is 0 Å². The third kappa shape index (κ3) is 5.52. The van der Waals surface area contributed by atoms with Crippen LogP contribution in [0.2, 0.25) is 0 Å². The number of benzene rings is 1. The second kappa shape index (κ2) is 9.68. The van der Waals surface area contributed by atoms with Crippen molar-refractivity contribution in [2.75, 3.05) is 14.2 Å².